The van der Waals surface area contributed by atoms with E-state index in [-0.39, 0.29) is 62.1 Å². The average Bonchev–Trinajstić information content (AvgIpc) is 1.70. The third kappa shape index (κ3) is 19.0. The van der Waals surface area contributed by atoms with Crippen LogP contribution < -0.4 is 0 Å². The summed E-state index contributed by atoms with van der Waals surface area (Å²) in [6.45, 7) is 49.4. The van der Waals surface area contributed by atoms with Crippen molar-refractivity contribution in [1.82, 2.24) is 0 Å². The van der Waals surface area contributed by atoms with Gasteiger partial charge in [-0.15, -0.1) is 34.0 Å². The van der Waals surface area contributed by atoms with E-state index in [4.69, 9.17) is 18.7 Å². The predicted octanol–water partition coefficient (Wildman–Crippen LogP) is 40.6. The van der Waals surface area contributed by atoms with E-state index in [1.807, 2.05) is 94.7 Å². The fourth-order valence-electron chi connectivity index (χ4n) is 20.2. The highest BCUT2D eigenvalue weighted by molar-refractivity contribution is 7.26. The maximum Gasteiger partial charge on any atom is 0.139 e. The smallest absolute Gasteiger partial charge is 0.139 e. The molecule has 17 aromatic carbocycles. The van der Waals surface area contributed by atoms with E-state index in [9.17, 15) is 0 Å². The van der Waals surface area contributed by atoms with Gasteiger partial charge in [0, 0.05) is 104 Å². The van der Waals surface area contributed by atoms with E-state index in [2.05, 4.69) is 424 Å². The molecule has 0 radical (unpaired) electrons. The number of furan rings is 3. The van der Waals surface area contributed by atoms with Crippen molar-refractivity contribution in [3.8, 4) is 55.6 Å². The molecule has 686 valence electrons. The van der Waals surface area contributed by atoms with Crippen LogP contribution in [0.3, 0.4) is 0 Å². The number of hydrogen-bond acceptors (Lipinski definition) is 6. The number of thiophene rings is 3. The van der Waals surface area contributed by atoms with Gasteiger partial charge >= 0.3 is 0 Å². The van der Waals surface area contributed by atoms with Crippen LogP contribution in [-0.2, 0) is 37.9 Å². The molecular formula is C131H126O3S3. The van der Waals surface area contributed by atoms with Crippen molar-refractivity contribution in [2.45, 2.75) is 190 Å². The molecule has 0 aliphatic carbocycles. The topological polar surface area (TPSA) is 39.4 Å². The van der Waals surface area contributed by atoms with Gasteiger partial charge in [0.2, 0.25) is 0 Å². The summed E-state index contributed by atoms with van der Waals surface area (Å²) in [6, 6.07) is 120. The van der Waals surface area contributed by atoms with Gasteiger partial charge in [-0.05, 0) is 195 Å². The fraction of sp³-hybridized carbons (Fsp3) is 0.221. The van der Waals surface area contributed by atoms with Crippen molar-refractivity contribution in [1.29, 1.82) is 0 Å². The summed E-state index contributed by atoms with van der Waals surface area (Å²) in [4.78, 5) is 0. The molecule has 0 unspecified atom stereocenters. The second-order valence-corrected chi connectivity index (χ2v) is 46.7. The molecule has 0 saturated carbocycles. The molecule has 137 heavy (non-hydrogen) atoms. The van der Waals surface area contributed by atoms with E-state index < -0.39 is 0 Å². The number of benzene rings is 17. The van der Waals surface area contributed by atoms with Crippen molar-refractivity contribution < 1.29 is 18.7 Å². The van der Waals surface area contributed by atoms with Gasteiger partial charge in [0.05, 0.1) is 5.48 Å². The van der Waals surface area contributed by atoms with Crippen molar-refractivity contribution >= 4 is 160 Å². The van der Waals surface area contributed by atoms with Gasteiger partial charge in [0.1, 0.15) is 33.5 Å². The highest BCUT2D eigenvalue weighted by atomic mass is 32.1. The molecule has 0 bridgehead atoms. The number of rotatable bonds is 5. The van der Waals surface area contributed by atoms with E-state index in [0.29, 0.717) is 11.1 Å². The quantitative estimate of drug-likeness (QED) is 0.172. The highest BCUT2D eigenvalue weighted by Gasteiger charge is 2.33. The lowest BCUT2D eigenvalue weighted by Gasteiger charge is -2.31. The lowest BCUT2D eigenvalue weighted by atomic mass is 9.73. The SMILES string of the molecule is CC(C)(C)c1c(-c2ccccc2)ccc2c1oc1ccccc12.CC(C)(C)c1c(-c2ccccc2)ccc2c1sc1ccccc12.CC(C)(C)c1c(-c2ccccc2)ccc2oc3ccccc3c12.CC(C)(C)c1c(-c2ccccc2)ccc2sc3ccccc3c12.CC(C)(C)c1ccc2sc3ccccc3c2c1C(C)(C)C.[2H]c1c([2H])c(C)c([2H])c(-c2ccc3c(oc4ccccc43)c2C(C)(C)C)c1[2H]. The summed E-state index contributed by atoms with van der Waals surface area (Å²) in [6.07, 6.45) is 0. The summed E-state index contributed by atoms with van der Waals surface area (Å²) in [5, 5.41) is 15.3. The van der Waals surface area contributed by atoms with Gasteiger partial charge in [0.15, 0.2) is 0 Å². The molecule has 6 heterocycles. The molecule has 6 aromatic heterocycles. The second-order valence-electron chi connectivity index (χ2n) is 43.5. The molecule has 0 amide bonds. The molecule has 0 aliphatic rings. The first-order valence-electron chi connectivity index (χ1n) is 50.0. The van der Waals surface area contributed by atoms with E-state index in [1.165, 1.54) is 160 Å². The molecular weight excluding hydrogens is 1720 g/mol. The Morgan fingerprint density at radius 3 is 0.964 bits per heavy atom. The first-order chi connectivity index (χ1) is 67.0. The minimum Gasteiger partial charge on any atom is -0.456 e. The lowest BCUT2D eigenvalue weighted by molar-refractivity contribution is 0.535. The molecule has 0 saturated heterocycles. The maximum atomic E-state index is 8.57. The summed E-state index contributed by atoms with van der Waals surface area (Å²) >= 11 is 5.73. The van der Waals surface area contributed by atoms with Gasteiger partial charge in [-0.25, -0.2) is 0 Å². The Morgan fingerprint density at radius 1 is 0.212 bits per heavy atom. The third-order valence-corrected chi connectivity index (χ3v) is 29.4. The maximum absolute atomic E-state index is 8.57. The van der Waals surface area contributed by atoms with Crippen LogP contribution in [0, 0.1) is 6.92 Å². The van der Waals surface area contributed by atoms with E-state index >= 15 is 0 Å². The van der Waals surface area contributed by atoms with Crippen molar-refractivity contribution in [3.05, 3.63) is 408 Å². The van der Waals surface area contributed by atoms with Crippen LogP contribution >= 0.6 is 34.0 Å². The van der Waals surface area contributed by atoms with Crippen LogP contribution in [0.1, 0.15) is 195 Å². The van der Waals surface area contributed by atoms with Gasteiger partial charge in [-0.2, -0.15) is 0 Å². The normalized spacial score (nSPS) is 12.7. The van der Waals surface area contributed by atoms with Crippen molar-refractivity contribution in [2.75, 3.05) is 0 Å². The van der Waals surface area contributed by atoms with Crippen LogP contribution in [0.15, 0.2) is 377 Å². The number of para-hydroxylation sites is 3. The molecule has 6 heteroatoms. The summed E-state index contributed by atoms with van der Waals surface area (Å²) in [5.74, 6) is 0. The zero-order valence-electron chi connectivity index (χ0n) is 87.3. The Labute approximate surface area is 827 Å². The Bertz CT molecular complexity index is 8230. The van der Waals surface area contributed by atoms with Crippen molar-refractivity contribution in [2.24, 2.45) is 0 Å². The molecule has 0 N–H and O–H groups in total. The molecule has 23 rings (SSSR count). The molecule has 23 aromatic rings. The zero-order chi connectivity index (χ0) is 99.9. The standard InChI is InChI=1S/C23H22O.2C22H20O.2C22H20S.C20H24S/c1-15-8-7-9-16(14-15)17-12-13-19-18-10-5-6-11-20(18)24-22(19)21(17)23(2,3)4;1-22(2,3)20-16(15-9-5-4-6-10-15)13-14-18-17-11-7-8-12-19(17)23-21(18)20;1-22(2,3)21-16(15-9-5-4-6-10-15)13-14-19-20(21)17-11-7-8-12-18(17)23-19;1-22(2,3)20-16(15-9-5-4-6-10-15)13-14-18-17-11-7-8-12-19(17)23-21(18)20;1-22(2,3)21-16(15-9-5-4-6-10-15)13-14-19-20(21)17-11-7-8-12-18(17)23-19;1-19(2,3)14-11-12-16-17(18(14)20(4,5)6)13-9-7-8-10-15(13)21-16/h5-14H,1-4H3;4*4-14H,1-3H3;7-12H,1-6H3/i7D,8D,9D,14D;;;;;. The molecule has 3 nitrogen and oxygen atoms in total. The lowest BCUT2D eigenvalue weighted by Crippen LogP contribution is -2.22. The predicted molar refractivity (Wildman–Crippen MR) is 602 cm³/mol. The second kappa shape index (κ2) is 37.4. The number of hydrogen-bond donors (Lipinski definition) is 0. The fourth-order valence-corrected chi connectivity index (χ4v) is 23.9. The van der Waals surface area contributed by atoms with Crippen LogP contribution in [-0.4, -0.2) is 0 Å². The summed E-state index contributed by atoms with van der Waals surface area (Å²) in [5.41, 5.74) is 27.0. The largest absolute Gasteiger partial charge is 0.456 e. The first-order valence-corrected chi connectivity index (χ1v) is 50.5. The summed E-state index contributed by atoms with van der Waals surface area (Å²) < 4.78 is 60.2. The molecule has 0 aliphatic heterocycles. The summed E-state index contributed by atoms with van der Waals surface area (Å²) in [7, 11) is 0. The van der Waals surface area contributed by atoms with Gasteiger partial charge in [-0.1, -0.05) is 448 Å². The van der Waals surface area contributed by atoms with E-state index in [0.717, 1.165) is 55.4 Å². The third-order valence-electron chi connectivity index (χ3n) is 25.9. The Kier molecular flexibility index (Phi) is 24.3. The monoisotopic (exact) mass is 1850 g/mol. The van der Waals surface area contributed by atoms with Crippen LogP contribution in [0.4, 0.5) is 0 Å². The minimum absolute atomic E-state index is 0.00143. The van der Waals surface area contributed by atoms with Gasteiger partial charge in [-0.3, -0.25) is 0 Å². The molecule has 0 spiro atoms. The van der Waals surface area contributed by atoms with Crippen LogP contribution in [0.25, 0.3) is 182 Å². The number of fused-ring (bicyclic) bond motifs is 18. The average molecular weight is 1850 g/mol. The van der Waals surface area contributed by atoms with Gasteiger partial charge in [0.25, 0.3) is 0 Å². The van der Waals surface area contributed by atoms with Crippen LogP contribution in [0.5, 0.6) is 0 Å². The molecule has 0 atom stereocenters. The van der Waals surface area contributed by atoms with Crippen molar-refractivity contribution in [3.63, 3.8) is 0 Å². The van der Waals surface area contributed by atoms with E-state index in [1.54, 1.807) is 6.92 Å². The van der Waals surface area contributed by atoms with Crippen LogP contribution in [0.2, 0.25) is 0 Å². The van der Waals surface area contributed by atoms with Gasteiger partial charge < -0.3 is 13.3 Å². The minimum atomic E-state index is -0.308. The Hall–Kier alpha value is -13.2. The first kappa shape index (κ1) is 89.0. The highest BCUT2D eigenvalue weighted by Crippen LogP contribution is 2.52. The zero-order valence-corrected chi connectivity index (χ0v) is 85.7. The Balaban J connectivity index is 0.000000112. The molecule has 0 fully saturated rings. The Morgan fingerprint density at radius 2 is 0.533 bits per heavy atom.